The summed E-state index contributed by atoms with van der Waals surface area (Å²) in [5.74, 6) is -3.27. The van der Waals surface area contributed by atoms with E-state index >= 15 is 0 Å². The molecule has 26 heavy (non-hydrogen) atoms. The topological polar surface area (TPSA) is 77.9 Å². The van der Waals surface area contributed by atoms with Crippen molar-refractivity contribution in [1.29, 1.82) is 0 Å². The first kappa shape index (κ1) is 16.6. The predicted molar refractivity (Wildman–Crippen MR) is 92.3 cm³/mol. The first-order valence-electron chi connectivity index (χ1n) is 8.58. The third-order valence-corrected chi connectivity index (χ3v) is 5.06. The molecule has 0 saturated carbocycles. The third kappa shape index (κ3) is 2.30. The summed E-state index contributed by atoms with van der Waals surface area (Å²) in [7, 11) is 0. The Morgan fingerprint density at radius 1 is 0.923 bits per heavy atom. The number of aliphatic hydroxyl groups is 1. The summed E-state index contributed by atoms with van der Waals surface area (Å²) in [6, 6.07) is 17.5. The van der Waals surface area contributed by atoms with Crippen LogP contribution >= 0.6 is 0 Å². The van der Waals surface area contributed by atoms with Crippen molar-refractivity contribution in [2.75, 3.05) is 6.54 Å². The van der Waals surface area contributed by atoms with Crippen LogP contribution in [0.1, 0.15) is 30.0 Å². The van der Waals surface area contributed by atoms with Crippen LogP contribution in [-0.4, -0.2) is 39.1 Å². The molecule has 2 aromatic rings. The lowest BCUT2D eigenvalue weighted by Crippen LogP contribution is -2.55. The van der Waals surface area contributed by atoms with Crippen LogP contribution in [0, 0.1) is 0 Å². The predicted octanol–water partition coefficient (Wildman–Crippen LogP) is 1.56. The van der Waals surface area contributed by atoms with Gasteiger partial charge in [0.05, 0.1) is 6.04 Å². The fraction of sp³-hybridized carbons (Fsp3) is 0.250. The fourth-order valence-electron chi connectivity index (χ4n) is 3.83. The number of nitrogens with zero attached hydrogens (tertiary/aromatic N) is 2. The van der Waals surface area contributed by atoms with E-state index in [2.05, 4.69) is 0 Å². The van der Waals surface area contributed by atoms with Gasteiger partial charge in [0.2, 0.25) is 5.72 Å². The zero-order valence-corrected chi connectivity index (χ0v) is 14.0. The molecule has 6 nitrogen and oxygen atoms in total. The maximum atomic E-state index is 12.6. The molecule has 2 unspecified atom stereocenters. The summed E-state index contributed by atoms with van der Waals surface area (Å²) in [6.07, 6.45) is 1.55. The second-order valence-corrected chi connectivity index (χ2v) is 6.55. The van der Waals surface area contributed by atoms with E-state index in [-0.39, 0.29) is 11.6 Å². The van der Waals surface area contributed by atoms with Crippen molar-refractivity contribution in [3.05, 3.63) is 71.8 Å². The highest BCUT2D eigenvalue weighted by Gasteiger charge is 2.62. The van der Waals surface area contributed by atoms with E-state index in [0.717, 1.165) is 23.4 Å². The number of ketones is 2. The van der Waals surface area contributed by atoms with Gasteiger partial charge in [-0.25, -0.2) is 10.0 Å². The lowest BCUT2D eigenvalue weighted by Gasteiger charge is -2.40. The summed E-state index contributed by atoms with van der Waals surface area (Å²) in [4.78, 5) is 37.4. The van der Waals surface area contributed by atoms with Crippen molar-refractivity contribution in [2.24, 2.45) is 0 Å². The molecule has 1 N–H and O–H groups in total. The molecule has 2 heterocycles. The van der Waals surface area contributed by atoms with Crippen molar-refractivity contribution < 1.29 is 19.5 Å². The first-order valence-corrected chi connectivity index (χ1v) is 8.58. The van der Waals surface area contributed by atoms with E-state index in [1.807, 2.05) is 30.3 Å². The van der Waals surface area contributed by atoms with E-state index in [1.165, 1.54) is 0 Å². The van der Waals surface area contributed by atoms with Crippen LogP contribution in [0.5, 0.6) is 0 Å². The number of Topliss-reactive ketones (excluding diaryl/α,β-unsaturated/α-hetero) is 2. The lowest BCUT2D eigenvalue weighted by molar-refractivity contribution is -0.206. The van der Waals surface area contributed by atoms with Gasteiger partial charge in [-0.3, -0.25) is 14.4 Å². The van der Waals surface area contributed by atoms with E-state index in [1.54, 1.807) is 35.3 Å². The molecule has 2 saturated heterocycles. The van der Waals surface area contributed by atoms with Crippen LogP contribution in [-0.2, 0) is 20.1 Å². The minimum absolute atomic E-state index is 0.186. The van der Waals surface area contributed by atoms with E-state index < -0.39 is 23.2 Å². The third-order valence-electron chi connectivity index (χ3n) is 5.06. The van der Waals surface area contributed by atoms with Crippen LogP contribution in [0.4, 0.5) is 0 Å². The standard InChI is InChI=1S/C20H18N2O4/c23-17-18(24)20(26,15-10-5-2-6-11-15)22(19(17)25)21-13-7-12-16(21)14-8-3-1-4-9-14/h1-6,8-11,16,26H,7,12-13H2. The second-order valence-electron chi connectivity index (χ2n) is 6.55. The Hall–Kier alpha value is -2.83. The van der Waals surface area contributed by atoms with Gasteiger partial charge in [0.1, 0.15) is 0 Å². The normalized spacial score (nSPS) is 26.7. The summed E-state index contributed by atoms with van der Waals surface area (Å²) in [5, 5.41) is 13.9. The Balaban J connectivity index is 1.81. The highest BCUT2D eigenvalue weighted by molar-refractivity contribution is 6.67. The second kappa shape index (κ2) is 6.16. The molecule has 132 valence electrons. The molecule has 1 amide bonds. The van der Waals surface area contributed by atoms with Crippen molar-refractivity contribution in [3.63, 3.8) is 0 Å². The van der Waals surface area contributed by atoms with Gasteiger partial charge in [-0.05, 0) is 18.4 Å². The molecule has 6 heteroatoms. The van der Waals surface area contributed by atoms with Gasteiger partial charge in [-0.2, -0.15) is 0 Å². The highest BCUT2D eigenvalue weighted by Crippen LogP contribution is 2.41. The number of carbonyl (C=O) groups is 3. The molecular weight excluding hydrogens is 332 g/mol. The van der Waals surface area contributed by atoms with Gasteiger partial charge < -0.3 is 5.11 Å². The van der Waals surface area contributed by atoms with Crippen LogP contribution in [0.3, 0.4) is 0 Å². The van der Waals surface area contributed by atoms with E-state index in [0.29, 0.717) is 6.54 Å². The Bertz CT molecular complexity index is 868. The number of carbonyl (C=O) groups excluding carboxylic acids is 3. The van der Waals surface area contributed by atoms with E-state index in [9.17, 15) is 19.5 Å². The van der Waals surface area contributed by atoms with Crippen LogP contribution in [0.25, 0.3) is 0 Å². The largest absolute Gasteiger partial charge is 0.359 e. The molecule has 2 aliphatic heterocycles. The number of hydrogen-bond donors (Lipinski definition) is 1. The Labute approximate surface area is 150 Å². The number of hydrogen-bond acceptors (Lipinski definition) is 5. The monoisotopic (exact) mass is 350 g/mol. The number of amides is 1. The van der Waals surface area contributed by atoms with Gasteiger partial charge in [0, 0.05) is 12.1 Å². The van der Waals surface area contributed by atoms with Gasteiger partial charge in [0.15, 0.2) is 0 Å². The Morgan fingerprint density at radius 3 is 2.19 bits per heavy atom. The average molecular weight is 350 g/mol. The van der Waals surface area contributed by atoms with Crippen molar-refractivity contribution in [2.45, 2.75) is 24.6 Å². The maximum Gasteiger partial charge on any atom is 0.315 e. The van der Waals surface area contributed by atoms with Gasteiger partial charge >= 0.3 is 5.91 Å². The number of benzene rings is 2. The molecule has 2 aliphatic rings. The molecule has 0 aromatic heterocycles. The molecule has 2 atom stereocenters. The van der Waals surface area contributed by atoms with Gasteiger partial charge in [-0.15, -0.1) is 0 Å². The van der Waals surface area contributed by atoms with Crippen molar-refractivity contribution in [3.8, 4) is 0 Å². The molecule has 0 radical (unpaired) electrons. The van der Waals surface area contributed by atoms with E-state index in [4.69, 9.17) is 0 Å². The minimum atomic E-state index is -2.30. The van der Waals surface area contributed by atoms with Crippen molar-refractivity contribution in [1.82, 2.24) is 10.0 Å². The van der Waals surface area contributed by atoms with Crippen LogP contribution in [0.15, 0.2) is 60.7 Å². The molecule has 2 fully saturated rings. The molecule has 4 rings (SSSR count). The lowest BCUT2D eigenvalue weighted by atomic mass is 9.99. The maximum absolute atomic E-state index is 12.6. The molecule has 0 spiro atoms. The summed E-state index contributed by atoms with van der Waals surface area (Å²) < 4.78 is 0. The zero-order valence-electron chi connectivity index (χ0n) is 14.0. The Morgan fingerprint density at radius 2 is 1.54 bits per heavy atom. The van der Waals surface area contributed by atoms with Crippen LogP contribution < -0.4 is 0 Å². The SMILES string of the molecule is O=C1C(=O)N(N2CCCC2c2ccccc2)C(O)(c2ccccc2)C1=O. The van der Waals surface area contributed by atoms with Crippen molar-refractivity contribution >= 4 is 17.5 Å². The van der Waals surface area contributed by atoms with Gasteiger partial charge in [0.25, 0.3) is 11.6 Å². The Kier molecular flexibility index (Phi) is 3.94. The molecule has 0 bridgehead atoms. The fourth-order valence-corrected chi connectivity index (χ4v) is 3.83. The average Bonchev–Trinajstić information content (AvgIpc) is 3.22. The smallest absolute Gasteiger partial charge is 0.315 e. The van der Waals surface area contributed by atoms with Gasteiger partial charge in [-0.1, -0.05) is 60.7 Å². The molecular formula is C20H18N2O4. The molecule has 0 aliphatic carbocycles. The molecule has 2 aromatic carbocycles. The summed E-state index contributed by atoms with van der Waals surface area (Å²) in [5.41, 5.74) is -1.12. The first-order chi connectivity index (χ1) is 12.5. The number of hydrazine groups is 1. The zero-order chi connectivity index (χ0) is 18.3. The number of rotatable bonds is 3. The highest BCUT2D eigenvalue weighted by atomic mass is 16.4. The van der Waals surface area contributed by atoms with Crippen LogP contribution in [0.2, 0.25) is 0 Å². The summed E-state index contributed by atoms with van der Waals surface area (Å²) >= 11 is 0. The quantitative estimate of drug-likeness (QED) is 0.850. The minimum Gasteiger partial charge on any atom is -0.359 e. The summed E-state index contributed by atoms with van der Waals surface area (Å²) in [6.45, 7) is 0.473.